The van der Waals surface area contributed by atoms with E-state index in [1.165, 1.54) is 6.07 Å². The highest BCUT2D eigenvalue weighted by Gasteiger charge is 2.20. The van der Waals surface area contributed by atoms with E-state index in [2.05, 4.69) is 20.7 Å². The van der Waals surface area contributed by atoms with Crippen molar-refractivity contribution in [1.82, 2.24) is 4.72 Å². The van der Waals surface area contributed by atoms with Gasteiger partial charge in [-0.25, -0.2) is 13.1 Å². The summed E-state index contributed by atoms with van der Waals surface area (Å²) in [6, 6.07) is 4.32. The topological polar surface area (TPSA) is 89.3 Å². The first-order chi connectivity index (χ1) is 8.72. The Kier molecular flexibility index (Phi) is 5.97. The van der Waals surface area contributed by atoms with Gasteiger partial charge in [0.25, 0.3) is 0 Å². The Morgan fingerprint density at radius 3 is 2.63 bits per heavy atom. The van der Waals surface area contributed by atoms with Gasteiger partial charge >= 0.3 is 0 Å². The van der Waals surface area contributed by atoms with Crippen LogP contribution in [0.15, 0.2) is 27.6 Å². The van der Waals surface area contributed by atoms with Gasteiger partial charge in [0.2, 0.25) is 10.0 Å². The van der Waals surface area contributed by atoms with Crippen molar-refractivity contribution in [3.8, 4) is 0 Å². The van der Waals surface area contributed by atoms with Gasteiger partial charge < -0.3 is 5.73 Å². The molecule has 1 aromatic rings. The maximum Gasteiger partial charge on any atom is 0.242 e. The van der Waals surface area contributed by atoms with E-state index in [-0.39, 0.29) is 16.6 Å². The van der Waals surface area contributed by atoms with Crippen LogP contribution in [0.2, 0.25) is 0 Å². The normalized spacial score (nSPS) is 15.1. The summed E-state index contributed by atoms with van der Waals surface area (Å²) in [5.74, 6) is 0.458. The van der Waals surface area contributed by atoms with Crippen LogP contribution >= 0.6 is 15.9 Å². The fourth-order valence-electron chi connectivity index (χ4n) is 1.49. The van der Waals surface area contributed by atoms with Gasteiger partial charge in [-0.05, 0) is 31.5 Å². The molecule has 0 bridgehead atoms. The lowest BCUT2D eigenvalue weighted by Gasteiger charge is -2.14. The van der Waals surface area contributed by atoms with Crippen molar-refractivity contribution >= 4 is 42.4 Å². The quantitative estimate of drug-likeness (QED) is 0.743. The van der Waals surface area contributed by atoms with Crippen LogP contribution in [0.3, 0.4) is 0 Å². The van der Waals surface area contributed by atoms with Crippen LogP contribution in [0, 0.1) is 0 Å². The van der Waals surface area contributed by atoms with E-state index in [1.807, 2.05) is 0 Å². The average Bonchev–Trinajstić information content (AvgIpc) is 2.25. The summed E-state index contributed by atoms with van der Waals surface area (Å²) in [4.78, 5) is 0.0557. The average molecular weight is 369 g/mol. The van der Waals surface area contributed by atoms with E-state index >= 15 is 0 Å². The molecule has 108 valence electrons. The SMILES string of the molecule is CC(CCS(C)=O)NS(=O)(=O)c1ccc(Br)cc1N. The Bertz CT molecular complexity index is 575. The first kappa shape index (κ1) is 16.6. The van der Waals surface area contributed by atoms with Crippen molar-refractivity contribution < 1.29 is 12.6 Å². The van der Waals surface area contributed by atoms with Crippen LogP contribution in [-0.2, 0) is 20.8 Å². The molecule has 0 aliphatic carbocycles. The second-order valence-corrected chi connectivity index (χ2v) is 8.42. The van der Waals surface area contributed by atoms with E-state index in [0.29, 0.717) is 12.2 Å². The predicted molar refractivity (Wildman–Crippen MR) is 81.9 cm³/mol. The molecule has 0 saturated carbocycles. The molecule has 0 aliphatic rings. The first-order valence-corrected chi connectivity index (χ1v) is 9.60. The monoisotopic (exact) mass is 368 g/mol. The molecular weight excluding hydrogens is 352 g/mol. The number of anilines is 1. The van der Waals surface area contributed by atoms with Gasteiger partial charge in [0, 0.05) is 33.3 Å². The zero-order valence-corrected chi connectivity index (χ0v) is 13.9. The molecule has 5 nitrogen and oxygen atoms in total. The summed E-state index contributed by atoms with van der Waals surface area (Å²) >= 11 is 3.23. The van der Waals surface area contributed by atoms with Crippen LogP contribution in [0.1, 0.15) is 13.3 Å². The van der Waals surface area contributed by atoms with Gasteiger partial charge in [0.05, 0.1) is 5.69 Å². The molecule has 0 spiro atoms. The van der Waals surface area contributed by atoms with Crippen molar-refractivity contribution in [1.29, 1.82) is 0 Å². The van der Waals surface area contributed by atoms with Gasteiger partial charge in [-0.3, -0.25) is 4.21 Å². The fourth-order valence-corrected chi connectivity index (χ4v) is 3.95. The number of halogens is 1. The number of hydrogen-bond donors (Lipinski definition) is 2. The molecule has 19 heavy (non-hydrogen) atoms. The molecule has 2 atom stereocenters. The number of benzene rings is 1. The summed E-state index contributed by atoms with van der Waals surface area (Å²) in [6.45, 7) is 1.74. The number of hydrogen-bond acceptors (Lipinski definition) is 4. The van der Waals surface area contributed by atoms with Crippen LogP contribution in [0.4, 0.5) is 5.69 Å². The standard InChI is InChI=1S/C11H17BrN2O3S2/c1-8(5-6-18(2)15)14-19(16,17)11-4-3-9(12)7-10(11)13/h3-4,7-8,14H,5-6,13H2,1-2H3. The minimum absolute atomic E-state index is 0.0557. The maximum absolute atomic E-state index is 12.1. The van der Waals surface area contributed by atoms with Crippen molar-refractivity contribution in [2.45, 2.75) is 24.3 Å². The summed E-state index contributed by atoms with van der Waals surface area (Å²) < 4.78 is 38.5. The summed E-state index contributed by atoms with van der Waals surface area (Å²) in [7, 11) is -4.58. The third kappa shape index (κ3) is 5.21. The smallest absolute Gasteiger partial charge is 0.242 e. The van der Waals surface area contributed by atoms with Gasteiger partial charge in [-0.15, -0.1) is 0 Å². The molecule has 0 amide bonds. The lowest BCUT2D eigenvalue weighted by atomic mass is 10.3. The summed E-state index contributed by atoms with van der Waals surface area (Å²) in [6.07, 6.45) is 2.10. The molecular formula is C11H17BrN2O3S2. The Labute approximate surface area is 124 Å². The van der Waals surface area contributed by atoms with Gasteiger partial charge in [-0.2, -0.15) is 0 Å². The minimum Gasteiger partial charge on any atom is -0.398 e. The number of nitrogens with two attached hydrogens (primary N) is 1. The van der Waals surface area contributed by atoms with Crippen LogP contribution < -0.4 is 10.5 Å². The third-order valence-corrected chi connectivity index (χ3v) is 5.42. The Hall–Kier alpha value is -0.440. The first-order valence-electron chi connectivity index (χ1n) is 5.60. The molecule has 1 aromatic carbocycles. The Morgan fingerprint density at radius 1 is 1.47 bits per heavy atom. The van der Waals surface area contributed by atoms with Crippen molar-refractivity contribution in [2.75, 3.05) is 17.7 Å². The van der Waals surface area contributed by atoms with E-state index < -0.39 is 20.8 Å². The molecule has 8 heteroatoms. The minimum atomic E-state index is -3.65. The number of nitrogen functional groups attached to an aromatic ring is 1. The highest BCUT2D eigenvalue weighted by Crippen LogP contribution is 2.22. The molecule has 1 rings (SSSR count). The van der Waals surface area contributed by atoms with Crippen molar-refractivity contribution in [3.63, 3.8) is 0 Å². The number of nitrogens with one attached hydrogen (secondary N) is 1. The van der Waals surface area contributed by atoms with E-state index in [0.717, 1.165) is 4.47 Å². The molecule has 0 heterocycles. The molecule has 0 fully saturated rings. The molecule has 3 N–H and O–H groups in total. The number of rotatable bonds is 6. The molecule has 2 unspecified atom stereocenters. The molecule has 0 aromatic heterocycles. The van der Waals surface area contributed by atoms with E-state index in [4.69, 9.17) is 5.73 Å². The van der Waals surface area contributed by atoms with Crippen LogP contribution in [0.25, 0.3) is 0 Å². The zero-order valence-electron chi connectivity index (χ0n) is 10.7. The van der Waals surface area contributed by atoms with E-state index in [1.54, 1.807) is 25.3 Å². The summed E-state index contributed by atoms with van der Waals surface area (Å²) in [5.41, 5.74) is 5.90. The summed E-state index contributed by atoms with van der Waals surface area (Å²) in [5, 5.41) is 0. The maximum atomic E-state index is 12.1. The predicted octanol–water partition coefficient (Wildman–Crippen LogP) is 1.47. The van der Waals surface area contributed by atoms with Gasteiger partial charge in [0.15, 0.2) is 0 Å². The third-order valence-electron chi connectivity index (χ3n) is 2.46. The molecule has 0 saturated heterocycles. The lowest BCUT2D eigenvalue weighted by molar-refractivity contribution is 0.556. The Balaban J connectivity index is 2.83. The number of sulfonamides is 1. The largest absolute Gasteiger partial charge is 0.398 e. The van der Waals surface area contributed by atoms with Crippen molar-refractivity contribution in [3.05, 3.63) is 22.7 Å². The van der Waals surface area contributed by atoms with Gasteiger partial charge in [0.1, 0.15) is 4.90 Å². The second kappa shape index (κ2) is 6.83. The Morgan fingerprint density at radius 2 is 2.11 bits per heavy atom. The van der Waals surface area contributed by atoms with Crippen LogP contribution in [-0.4, -0.2) is 30.7 Å². The van der Waals surface area contributed by atoms with Crippen LogP contribution in [0.5, 0.6) is 0 Å². The van der Waals surface area contributed by atoms with Crippen molar-refractivity contribution in [2.24, 2.45) is 0 Å². The highest BCUT2D eigenvalue weighted by molar-refractivity contribution is 9.10. The van der Waals surface area contributed by atoms with E-state index in [9.17, 15) is 12.6 Å². The zero-order chi connectivity index (χ0) is 14.6. The second-order valence-electron chi connectivity index (χ2n) is 4.27. The van der Waals surface area contributed by atoms with Gasteiger partial charge in [-0.1, -0.05) is 15.9 Å². The highest BCUT2D eigenvalue weighted by atomic mass is 79.9. The molecule has 0 aliphatic heterocycles. The fraction of sp³-hybridized carbons (Fsp3) is 0.455. The molecule has 0 radical (unpaired) electrons. The lowest BCUT2D eigenvalue weighted by Crippen LogP contribution is -2.34.